The van der Waals surface area contributed by atoms with Crippen molar-refractivity contribution >= 4 is 23.2 Å². The van der Waals surface area contributed by atoms with Crippen molar-refractivity contribution in [3.63, 3.8) is 0 Å². The number of hydrogen-bond acceptors (Lipinski definition) is 4. The molecule has 0 heterocycles. The van der Waals surface area contributed by atoms with Gasteiger partial charge in [0.15, 0.2) is 0 Å². The minimum absolute atomic E-state index is 0.178. The molecule has 0 radical (unpaired) electrons. The first-order valence-corrected chi connectivity index (χ1v) is 10.3. The van der Waals surface area contributed by atoms with Gasteiger partial charge in [0.2, 0.25) is 5.91 Å². The molecule has 3 rings (SSSR count). The molecule has 7 heteroatoms. The molecule has 0 aromatic heterocycles. The van der Waals surface area contributed by atoms with Crippen molar-refractivity contribution < 1.29 is 18.7 Å². The molecule has 166 valence electrons. The summed E-state index contributed by atoms with van der Waals surface area (Å²) in [5, 5.41) is 5.64. The number of carbonyl (C=O) groups excluding carboxylic acids is 2. The molecule has 0 saturated carbocycles. The fourth-order valence-electron chi connectivity index (χ4n) is 3.11. The van der Waals surface area contributed by atoms with Crippen LogP contribution < -0.4 is 15.4 Å². The molecule has 0 spiro atoms. The van der Waals surface area contributed by atoms with Gasteiger partial charge >= 0.3 is 0 Å². The smallest absolute Gasteiger partial charge is 0.255 e. The van der Waals surface area contributed by atoms with Gasteiger partial charge in [0.05, 0.1) is 13.2 Å². The Kier molecular flexibility index (Phi) is 7.94. The molecule has 0 saturated heterocycles. The lowest BCUT2D eigenvalue weighted by molar-refractivity contribution is -0.117. The van der Waals surface area contributed by atoms with Crippen molar-refractivity contribution in [2.24, 2.45) is 0 Å². The third kappa shape index (κ3) is 6.92. The van der Waals surface area contributed by atoms with Crippen molar-refractivity contribution in [2.75, 3.05) is 30.8 Å². The number of amides is 2. The molecule has 3 aromatic carbocycles. The van der Waals surface area contributed by atoms with Gasteiger partial charge in [-0.2, -0.15) is 0 Å². The maximum atomic E-state index is 13.0. The number of halogens is 1. The van der Waals surface area contributed by atoms with Crippen LogP contribution in [0.1, 0.15) is 22.8 Å². The fraction of sp³-hybridized carbons (Fsp3) is 0.200. The van der Waals surface area contributed by atoms with Gasteiger partial charge in [0.1, 0.15) is 11.6 Å². The topological polar surface area (TPSA) is 70.7 Å². The minimum atomic E-state index is -0.286. The third-order valence-electron chi connectivity index (χ3n) is 4.63. The highest BCUT2D eigenvalue weighted by molar-refractivity contribution is 6.04. The summed E-state index contributed by atoms with van der Waals surface area (Å²) in [4.78, 5) is 26.6. The number of likely N-dealkylation sites (N-methyl/N-ethyl adjacent to an activating group) is 1. The molecular formula is C25H26FN3O3. The Hall–Kier alpha value is -3.71. The lowest BCUT2D eigenvalue weighted by atomic mass is 10.2. The number of benzene rings is 3. The van der Waals surface area contributed by atoms with Crippen LogP contribution in [0.3, 0.4) is 0 Å². The molecule has 0 fully saturated rings. The zero-order chi connectivity index (χ0) is 22.9. The molecule has 0 aliphatic heterocycles. The molecule has 0 bridgehead atoms. The summed E-state index contributed by atoms with van der Waals surface area (Å²) in [6.07, 6.45) is 0. The lowest BCUT2D eigenvalue weighted by Crippen LogP contribution is -2.29. The van der Waals surface area contributed by atoms with E-state index in [4.69, 9.17) is 4.74 Å². The zero-order valence-electron chi connectivity index (χ0n) is 18.1. The predicted molar refractivity (Wildman–Crippen MR) is 123 cm³/mol. The third-order valence-corrected chi connectivity index (χ3v) is 4.63. The average molecular weight is 435 g/mol. The van der Waals surface area contributed by atoms with Crippen molar-refractivity contribution in [1.29, 1.82) is 0 Å². The number of rotatable bonds is 9. The van der Waals surface area contributed by atoms with E-state index >= 15 is 0 Å². The minimum Gasteiger partial charge on any atom is -0.494 e. The number of anilines is 2. The second kappa shape index (κ2) is 11.1. The van der Waals surface area contributed by atoms with Crippen molar-refractivity contribution in [2.45, 2.75) is 13.5 Å². The largest absolute Gasteiger partial charge is 0.494 e. The second-order valence-electron chi connectivity index (χ2n) is 7.34. The van der Waals surface area contributed by atoms with Crippen LogP contribution in [-0.2, 0) is 11.3 Å². The van der Waals surface area contributed by atoms with Crippen LogP contribution in [0.2, 0.25) is 0 Å². The van der Waals surface area contributed by atoms with E-state index in [2.05, 4.69) is 10.6 Å². The molecule has 0 atom stereocenters. The Morgan fingerprint density at radius 3 is 2.09 bits per heavy atom. The summed E-state index contributed by atoms with van der Waals surface area (Å²) < 4.78 is 18.4. The highest BCUT2D eigenvalue weighted by Crippen LogP contribution is 2.17. The first-order chi connectivity index (χ1) is 15.4. The van der Waals surface area contributed by atoms with Gasteiger partial charge in [-0.15, -0.1) is 0 Å². The van der Waals surface area contributed by atoms with Crippen molar-refractivity contribution in [3.05, 3.63) is 89.7 Å². The summed E-state index contributed by atoms with van der Waals surface area (Å²) >= 11 is 0. The van der Waals surface area contributed by atoms with E-state index in [1.54, 1.807) is 60.7 Å². The fourth-order valence-corrected chi connectivity index (χ4v) is 3.11. The van der Waals surface area contributed by atoms with Gasteiger partial charge in [-0.3, -0.25) is 14.5 Å². The van der Waals surface area contributed by atoms with Crippen LogP contribution in [0.4, 0.5) is 15.8 Å². The quantitative estimate of drug-likeness (QED) is 0.517. The van der Waals surface area contributed by atoms with Gasteiger partial charge in [-0.1, -0.05) is 12.1 Å². The Morgan fingerprint density at radius 1 is 0.875 bits per heavy atom. The molecule has 2 N–H and O–H groups in total. The van der Waals surface area contributed by atoms with Gasteiger partial charge < -0.3 is 15.4 Å². The summed E-state index contributed by atoms with van der Waals surface area (Å²) in [6.45, 7) is 3.20. The Labute approximate surface area is 187 Å². The van der Waals surface area contributed by atoms with E-state index in [0.717, 1.165) is 11.3 Å². The first kappa shape index (κ1) is 23.0. The molecule has 3 aromatic rings. The number of nitrogens with zero attached hydrogens (tertiary/aromatic N) is 1. The highest BCUT2D eigenvalue weighted by Gasteiger charge is 2.10. The van der Waals surface area contributed by atoms with E-state index in [-0.39, 0.29) is 24.2 Å². The van der Waals surface area contributed by atoms with Gasteiger partial charge in [-0.25, -0.2) is 4.39 Å². The zero-order valence-corrected chi connectivity index (χ0v) is 18.1. The maximum absolute atomic E-state index is 13.0. The second-order valence-corrected chi connectivity index (χ2v) is 7.34. The molecule has 0 aliphatic rings. The summed E-state index contributed by atoms with van der Waals surface area (Å²) in [6, 6.07) is 20.0. The molecule has 6 nitrogen and oxygen atoms in total. The standard InChI is InChI=1S/C25H26FN3O3/c1-3-32-23-14-12-22(13-15-23)28-25(31)19-6-10-21(11-7-19)27-24(30)17-29(2)16-18-4-8-20(26)9-5-18/h4-15H,3,16-17H2,1-2H3,(H,27,30)(H,28,31). The van der Waals surface area contributed by atoms with E-state index < -0.39 is 0 Å². The molecule has 0 unspecified atom stereocenters. The van der Waals surface area contributed by atoms with Crippen LogP contribution in [0.5, 0.6) is 5.75 Å². The van der Waals surface area contributed by atoms with Crippen molar-refractivity contribution in [3.8, 4) is 5.75 Å². The number of hydrogen-bond donors (Lipinski definition) is 2. The summed E-state index contributed by atoms with van der Waals surface area (Å²) in [7, 11) is 1.82. The predicted octanol–water partition coefficient (Wildman–Crippen LogP) is 4.55. The number of ether oxygens (including phenoxy) is 1. The van der Waals surface area contributed by atoms with Gasteiger partial charge in [-0.05, 0) is 80.2 Å². The van der Waals surface area contributed by atoms with Gasteiger partial charge in [0.25, 0.3) is 5.91 Å². The van der Waals surface area contributed by atoms with Crippen LogP contribution in [-0.4, -0.2) is 36.9 Å². The average Bonchev–Trinajstić information content (AvgIpc) is 2.77. The Morgan fingerprint density at radius 2 is 1.47 bits per heavy atom. The Bertz CT molecular complexity index is 1040. The summed E-state index contributed by atoms with van der Waals surface area (Å²) in [5.74, 6) is 0.0342. The molecular weight excluding hydrogens is 409 g/mol. The van der Waals surface area contributed by atoms with E-state index in [1.807, 2.05) is 18.9 Å². The highest BCUT2D eigenvalue weighted by atomic mass is 19.1. The Balaban J connectivity index is 1.49. The van der Waals surface area contributed by atoms with Crippen LogP contribution in [0.25, 0.3) is 0 Å². The molecule has 0 aliphatic carbocycles. The van der Waals surface area contributed by atoms with E-state index in [0.29, 0.717) is 30.1 Å². The van der Waals surface area contributed by atoms with E-state index in [9.17, 15) is 14.0 Å². The number of nitrogens with one attached hydrogen (secondary N) is 2. The van der Waals surface area contributed by atoms with Crippen LogP contribution in [0, 0.1) is 5.82 Å². The normalized spacial score (nSPS) is 10.6. The molecule has 32 heavy (non-hydrogen) atoms. The lowest BCUT2D eigenvalue weighted by Gasteiger charge is -2.16. The monoisotopic (exact) mass is 435 g/mol. The van der Waals surface area contributed by atoms with E-state index in [1.165, 1.54) is 12.1 Å². The number of carbonyl (C=O) groups is 2. The van der Waals surface area contributed by atoms with Crippen LogP contribution in [0.15, 0.2) is 72.8 Å². The van der Waals surface area contributed by atoms with Gasteiger partial charge in [0, 0.05) is 23.5 Å². The summed E-state index contributed by atoms with van der Waals surface area (Å²) in [5.41, 5.74) is 2.66. The first-order valence-electron chi connectivity index (χ1n) is 10.3. The molecule has 2 amide bonds. The van der Waals surface area contributed by atoms with Crippen LogP contribution >= 0.6 is 0 Å². The SMILES string of the molecule is CCOc1ccc(NC(=O)c2ccc(NC(=O)CN(C)Cc3ccc(F)cc3)cc2)cc1. The maximum Gasteiger partial charge on any atom is 0.255 e. The van der Waals surface area contributed by atoms with Crippen molar-refractivity contribution in [1.82, 2.24) is 4.90 Å².